The number of hydrogen-bond acceptors (Lipinski definition) is 1. The zero-order valence-electron chi connectivity index (χ0n) is 15.7. The first-order valence-corrected chi connectivity index (χ1v) is 8.64. The van der Waals surface area contributed by atoms with E-state index in [0.29, 0.717) is 0 Å². The van der Waals surface area contributed by atoms with E-state index in [1.165, 1.54) is 28.2 Å². The molecule has 4 heteroatoms. The molecule has 1 aromatic carbocycles. The first-order chi connectivity index (χ1) is 11.9. The molecule has 0 spiro atoms. The Kier molecular flexibility index (Phi) is 15.5. The predicted octanol–water partition coefficient (Wildman–Crippen LogP) is 4.94. The molecule has 0 fully saturated rings. The number of hydrogen-bond donors (Lipinski definition) is 0. The van der Waals surface area contributed by atoms with Gasteiger partial charge in [0.2, 0.25) is 0 Å². The van der Waals surface area contributed by atoms with Crippen LogP contribution in [0.2, 0.25) is 0 Å². The van der Waals surface area contributed by atoms with Gasteiger partial charge in [-0.15, -0.1) is 0 Å². The summed E-state index contributed by atoms with van der Waals surface area (Å²) in [6.07, 6.45) is 0. The number of allylic oxidation sites excluding steroid dienone is 4. The van der Waals surface area contributed by atoms with Gasteiger partial charge >= 0.3 is 99.4 Å². The second-order valence-corrected chi connectivity index (χ2v) is 6.04. The van der Waals surface area contributed by atoms with Crippen LogP contribution in [-0.4, -0.2) is 10.8 Å². The van der Waals surface area contributed by atoms with Crippen LogP contribution in [0.25, 0.3) is 0 Å². The third kappa shape index (κ3) is 8.54. The van der Waals surface area contributed by atoms with Crippen molar-refractivity contribution in [1.82, 2.24) is 0 Å². The molecule has 25 heavy (non-hydrogen) atoms. The van der Waals surface area contributed by atoms with E-state index in [4.69, 9.17) is 14.0 Å². The molecule has 0 N–H and O–H groups in total. The molecule has 0 aliphatic heterocycles. The van der Waals surface area contributed by atoms with Gasteiger partial charge in [0.1, 0.15) is 0 Å². The summed E-state index contributed by atoms with van der Waals surface area (Å²) < 4.78 is 21.3. The molecular weight excluding hydrogens is 398 g/mol. The van der Waals surface area contributed by atoms with E-state index < -0.39 is 0 Å². The molecule has 0 bridgehead atoms. The van der Waals surface area contributed by atoms with Crippen molar-refractivity contribution < 1.29 is 32.5 Å². The summed E-state index contributed by atoms with van der Waals surface area (Å²) in [7, 11) is 0. The number of ether oxygens (including phenoxy) is 1. The van der Waals surface area contributed by atoms with Crippen molar-refractivity contribution in [2.24, 2.45) is 0 Å². The van der Waals surface area contributed by atoms with Crippen molar-refractivity contribution in [1.29, 1.82) is 0 Å². The first kappa shape index (κ1) is 25.9. The summed E-state index contributed by atoms with van der Waals surface area (Å²) in [5.41, 5.74) is 7.02. The van der Waals surface area contributed by atoms with Crippen LogP contribution in [0.3, 0.4) is 0 Å². The summed E-state index contributed by atoms with van der Waals surface area (Å²) in [6, 6.07) is 10.1. The standard InChI is InChI=1S/C10H15.C9H10O.2CO.Tc/c1-6-7(2)9(4)10(5)8(6)3;1-2-10-8-9-6-4-3-5-7-9;2*1-2;/h1-5H3;3-7H,2H2,1H3;;;. The van der Waals surface area contributed by atoms with E-state index in [1.807, 2.05) is 37.3 Å². The Morgan fingerprint density at radius 3 is 1.52 bits per heavy atom. The Morgan fingerprint density at radius 2 is 1.24 bits per heavy atom. The molecule has 0 aromatic heterocycles. The van der Waals surface area contributed by atoms with Gasteiger partial charge in [0.05, 0.1) is 0 Å². The summed E-state index contributed by atoms with van der Waals surface area (Å²) in [5, 5.41) is 0. The monoisotopic (exact) mass is 422 g/mol. The van der Waals surface area contributed by atoms with Gasteiger partial charge in [-0.05, 0) is 38.8 Å². The van der Waals surface area contributed by atoms with Crippen LogP contribution < -0.4 is 0 Å². The number of rotatable bonds is 3. The van der Waals surface area contributed by atoms with Crippen molar-refractivity contribution >= 4 is 4.21 Å². The van der Waals surface area contributed by atoms with Gasteiger partial charge in [0, 0.05) is 5.92 Å². The quantitative estimate of drug-likeness (QED) is 0.502. The Morgan fingerprint density at radius 1 is 0.840 bits per heavy atom. The van der Waals surface area contributed by atoms with E-state index in [9.17, 15) is 0 Å². The zero-order valence-corrected chi connectivity index (χ0v) is 17.6. The van der Waals surface area contributed by atoms with E-state index >= 15 is 0 Å². The normalized spacial score (nSPS) is 12.9. The summed E-state index contributed by atoms with van der Waals surface area (Å²) in [6.45, 7) is 22.7. The minimum absolute atomic E-state index is 0.729. The molecule has 1 radical (unpaired) electrons. The maximum atomic E-state index is 7.50. The molecule has 0 amide bonds. The summed E-state index contributed by atoms with van der Waals surface area (Å²) in [4.78, 5) is 0. The molecular formula is C21H25O3Tc. The molecule has 0 saturated carbocycles. The fourth-order valence-corrected chi connectivity index (χ4v) is 2.76. The maximum absolute atomic E-state index is 7.50. The Hall–Kier alpha value is -1.34. The van der Waals surface area contributed by atoms with E-state index in [2.05, 4.69) is 66.4 Å². The zero-order chi connectivity index (χ0) is 20.0. The third-order valence-electron chi connectivity index (χ3n) is 4.08. The van der Waals surface area contributed by atoms with Gasteiger partial charge in [0.25, 0.3) is 0 Å². The van der Waals surface area contributed by atoms with Gasteiger partial charge in [-0.1, -0.05) is 18.1 Å². The van der Waals surface area contributed by atoms with Gasteiger partial charge in [-0.3, -0.25) is 0 Å². The molecule has 1 aliphatic carbocycles. The van der Waals surface area contributed by atoms with Crippen molar-refractivity contribution in [3.8, 4) is 0 Å². The van der Waals surface area contributed by atoms with Crippen molar-refractivity contribution in [3.05, 3.63) is 77.4 Å². The molecule has 1 aromatic rings. The molecule has 1 aliphatic rings. The molecule has 134 valence electrons. The second kappa shape index (κ2) is 15.0. The fraction of sp³-hybridized carbons (Fsp3) is 0.333. The van der Waals surface area contributed by atoms with Crippen LogP contribution in [0.15, 0.2) is 52.6 Å². The third-order valence-corrected chi connectivity index (χ3v) is 4.89. The van der Waals surface area contributed by atoms with E-state index in [0.717, 1.165) is 16.4 Å². The van der Waals surface area contributed by atoms with Gasteiger partial charge in [-0.2, -0.15) is 0 Å². The molecule has 0 unspecified atom stereocenters. The minimum atomic E-state index is 0.729. The molecule has 0 heterocycles. The van der Waals surface area contributed by atoms with Gasteiger partial charge in [-0.25, -0.2) is 0 Å². The number of benzene rings is 1. The van der Waals surface area contributed by atoms with Crippen molar-refractivity contribution in [2.75, 3.05) is 6.61 Å². The molecule has 3 nitrogen and oxygen atoms in total. The van der Waals surface area contributed by atoms with Crippen molar-refractivity contribution in [3.63, 3.8) is 0 Å². The molecule has 0 atom stereocenters. The van der Waals surface area contributed by atoms with Crippen LogP contribution in [0.1, 0.15) is 47.1 Å². The van der Waals surface area contributed by atoms with Gasteiger partial charge in [0.15, 0.2) is 0 Å². The average molecular weight is 423 g/mol. The van der Waals surface area contributed by atoms with E-state index in [-0.39, 0.29) is 0 Å². The van der Waals surface area contributed by atoms with E-state index in [1.54, 1.807) is 0 Å². The van der Waals surface area contributed by atoms with Crippen LogP contribution in [0.5, 0.6) is 0 Å². The topological polar surface area (TPSA) is 49.0 Å². The summed E-state index contributed by atoms with van der Waals surface area (Å²) in [5.74, 6) is 1.47. The fourth-order valence-electron chi connectivity index (χ4n) is 2.19. The van der Waals surface area contributed by atoms with Crippen LogP contribution in [0, 0.1) is 19.2 Å². The first-order valence-electron chi connectivity index (χ1n) is 7.71. The van der Waals surface area contributed by atoms with Crippen molar-refractivity contribution in [2.45, 2.75) is 41.5 Å². The Bertz CT molecular complexity index is 607. The van der Waals surface area contributed by atoms with Crippen LogP contribution >= 0.6 is 0 Å². The van der Waals surface area contributed by atoms with Crippen LogP contribution in [0.4, 0.5) is 0 Å². The average Bonchev–Trinajstić information content (AvgIpc) is 2.84. The second-order valence-electron chi connectivity index (χ2n) is 5.20. The SMILES string of the molecule is CCO[C](=[Tc])c1ccccc1.C[C]1C(C)=C(C)C(C)=C1C.[C-]#[O+].[C-]#[O+]. The molecule has 2 rings (SSSR count). The molecule has 0 saturated heterocycles. The van der Waals surface area contributed by atoms with Gasteiger partial charge < -0.3 is 0 Å². The Balaban J connectivity index is 0. The Labute approximate surface area is 162 Å². The summed E-state index contributed by atoms with van der Waals surface area (Å²) >= 11 is 2.20. The van der Waals surface area contributed by atoms with Crippen LogP contribution in [-0.2, 0) is 32.5 Å². The predicted molar refractivity (Wildman–Crippen MR) is 95.7 cm³/mol.